The van der Waals surface area contributed by atoms with Gasteiger partial charge < -0.3 is 15.4 Å². The van der Waals surface area contributed by atoms with Gasteiger partial charge in [-0.1, -0.05) is 18.7 Å². The maximum absolute atomic E-state index is 11.5. The molecule has 0 saturated heterocycles. The van der Waals surface area contributed by atoms with Gasteiger partial charge in [0.25, 0.3) is 0 Å². The average Bonchev–Trinajstić information content (AvgIpc) is 2.34. The summed E-state index contributed by atoms with van der Waals surface area (Å²) in [6.45, 7) is 5.81. The molecule has 5 nitrogen and oxygen atoms in total. The van der Waals surface area contributed by atoms with Crippen molar-refractivity contribution in [3.63, 3.8) is 0 Å². The summed E-state index contributed by atoms with van der Waals surface area (Å²) in [5, 5.41) is 4.94. The molecule has 0 spiro atoms. The number of carbonyl (C=O) groups is 2. The number of ether oxygens (including phenoxy) is 1. The van der Waals surface area contributed by atoms with Crippen molar-refractivity contribution in [3.8, 4) is 0 Å². The Hall–Kier alpha value is -2.30. The molecule has 2 amide bonds. The van der Waals surface area contributed by atoms with Crippen molar-refractivity contribution in [2.75, 3.05) is 18.5 Å². The second kappa shape index (κ2) is 7.11. The van der Waals surface area contributed by atoms with Crippen molar-refractivity contribution in [3.05, 3.63) is 42.7 Å². The van der Waals surface area contributed by atoms with Gasteiger partial charge in [-0.25, -0.2) is 0 Å². The molecule has 0 bridgehead atoms. The highest BCUT2D eigenvalue weighted by atomic mass is 16.5. The van der Waals surface area contributed by atoms with E-state index in [1.165, 1.54) is 6.26 Å². The quantitative estimate of drug-likeness (QED) is 0.467. The van der Waals surface area contributed by atoms with E-state index in [1.54, 1.807) is 18.2 Å². The van der Waals surface area contributed by atoms with Gasteiger partial charge in [0.1, 0.15) is 6.61 Å². The maximum atomic E-state index is 11.5. The molecule has 0 fully saturated rings. The van der Waals surface area contributed by atoms with Crippen LogP contribution in [0.1, 0.15) is 5.56 Å². The molecule has 2 N–H and O–H groups in total. The van der Waals surface area contributed by atoms with E-state index in [4.69, 9.17) is 4.74 Å². The van der Waals surface area contributed by atoms with E-state index >= 15 is 0 Å². The second-order valence-electron chi connectivity index (χ2n) is 3.62. The highest BCUT2D eigenvalue weighted by molar-refractivity contribution is 6.39. The fourth-order valence-corrected chi connectivity index (χ4v) is 1.30. The van der Waals surface area contributed by atoms with E-state index in [0.29, 0.717) is 5.69 Å². The van der Waals surface area contributed by atoms with Crippen molar-refractivity contribution < 1.29 is 14.3 Å². The van der Waals surface area contributed by atoms with Crippen molar-refractivity contribution >= 4 is 17.5 Å². The van der Waals surface area contributed by atoms with Crippen LogP contribution < -0.4 is 10.6 Å². The molecule has 18 heavy (non-hydrogen) atoms. The summed E-state index contributed by atoms with van der Waals surface area (Å²) in [6.07, 6.45) is 1.28. The first-order valence-electron chi connectivity index (χ1n) is 5.52. The van der Waals surface area contributed by atoms with Crippen molar-refractivity contribution in [1.29, 1.82) is 0 Å². The number of rotatable bonds is 5. The highest BCUT2D eigenvalue weighted by Gasteiger charge is 2.12. The molecule has 0 aliphatic carbocycles. The van der Waals surface area contributed by atoms with E-state index in [1.807, 2.05) is 13.0 Å². The fourth-order valence-electron chi connectivity index (χ4n) is 1.30. The number of carbonyl (C=O) groups excluding carboxylic acids is 2. The number of nitrogens with one attached hydrogen (secondary N) is 2. The SMILES string of the molecule is C=COCCNC(=O)C(=O)Nc1cccc(C)c1. The summed E-state index contributed by atoms with van der Waals surface area (Å²) in [7, 11) is 0. The van der Waals surface area contributed by atoms with E-state index in [2.05, 4.69) is 17.2 Å². The van der Waals surface area contributed by atoms with E-state index in [-0.39, 0.29) is 13.2 Å². The minimum absolute atomic E-state index is 0.256. The van der Waals surface area contributed by atoms with Crippen molar-refractivity contribution in [2.45, 2.75) is 6.92 Å². The zero-order valence-electron chi connectivity index (χ0n) is 10.2. The first kappa shape index (κ1) is 13.8. The van der Waals surface area contributed by atoms with E-state index in [9.17, 15) is 9.59 Å². The Kier molecular flexibility index (Phi) is 5.44. The lowest BCUT2D eigenvalue weighted by Gasteiger charge is -2.06. The largest absolute Gasteiger partial charge is 0.500 e. The maximum Gasteiger partial charge on any atom is 0.313 e. The monoisotopic (exact) mass is 248 g/mol. The molecular weight excluding hydrogens is 232 g/mol. The predicted molar refractivity (Wildman–Crippen MR) is 69.0 cm³/mol. The van der Waals surface area contributed by atoms with E-state index < -0.39 is 11.8 Å². The predicted octanol–water partition coefficient (Wildman–Crippen LogP) is 1.21. The third-order valence-electron chi connectivity index (χ3n) is 2.11. The van der Waals surface area contributed by atoms with Crippen LogP contribution in [0.3, 0.4) is 0 Å². The van der Waals surface area contributed by atoms with Crippen LogP contribution in [0.2, 0.25) is 0 Å². The number of aryl methyl sites for hydroxylation is 1. The lowest BCUT2D eigenvalue weighted by atomic mass is 10.2. The number of anilines is 1. The lowest BCUT2D eigenvalue weighted by Crippen LogP contribution is -2.37. The summed E-state index contributed by atoms with van der Waals surface area (Å²) < 4.78 is 4.82. The normalized spacial score (nSPS) is 9.39. The Labute approximate surface area is 106 Å². The fraction of sp³-hybridized carbons (Fsp3) is 0.231. The zero-order valence-corrected chi connectivity index (χ0v) is 10.2. The molecule has 0 unspecified atom stereocenters. The Morgan fingerprint density at radius 2 is 2.17 bits per heavy atom. The van der Waals surface area contributed by atoms with Crippen molar-refractivity contribution in [2.24, 2.45) is 0 Å². The third kappa shape index (κ3) is 4.69. The van der Waals surface area contributed by atoms with Gasteiger partial charge >= 0.3 is 11.8 Å². The summed E-state index contributed by atoms with van der Waals surface area (Å²) in [6, 6.07) is 7.22. The van der Waals surface area contributed by atoms with Gasteiger partial charge in [-0.15, -0.1) is 0 Å². The van der Waals surface area contributed by atoms with Crippen LogP contribution in [-0.2, 0) is 14.3 Å². The minimum atomic E-state index is -0.695. The Balaban J connectivity index is 2.40. The molecule has 0 heterocycles. The molecule has 0 atom stereocenters. The first-order valence-corrected chi connectivity index (χ1v) is 5.52. The van der Waals surface area contributed by atoms with Gasteiger partial charge in [-0.3, -0.25) is 9.59 Å². The molecule has 96 valence electrons. The number of hydrogen-bond acceptors (Lipinski definition) is 3. The lowest BCUT2D eigenvalue weighted by molar-refractivity contribution is -0.136. The molecule has 0 radical (unpaired) electrons. The van der Waals surface area contributed by atoms with Crippen LogP contribution in [0.25, 0.3) is 0 Å². The van der Waals surface area contributed by atoms with E-state index in [0.717, 1.165) is 5.56 Å². The van der Waals surface area contributed by atoms with Crippen LogP contribution >= 0.6 is 0 Å². The van der Waals surface area contributed by atoms with Crippen molar-refractivity contribution in [1.82, 2.24) is 5.32 Å². The minimum Gasteiger partial charge on any atom is -0.500 e. The molecule has 0 aliphatic heterocycles. The highest BCUT2D eigenvalue weighted by Crippen LogP contribution is 2.08. The number of hydrogen-bond donors (Lipinski definition) is 2. The Bertz CT molecular complexity index is 444. The topological polar surface area (TPSA) is 67.4 Å². The zero-order chi connectivity index (χ0) is 13.4. The smallest absolute Gasteiger partial charge is 0.313 e. The molecule has 1 aromatic carbocycles. The van der Waals surface area contributed by atoms with Gasteiger partial charge in [0.15, 0.2) is 0 Å². The molecule has 1 aromatic rings. The third-order valence-corrected chi connectivity index (χ3v) is 2.11. The van der Waals surface area contributed by atoms with Gasteiger partial charge in [-0.2, -0.15) is 0 Å². The van der Waals surface area contributed by atoms with Gasteiger partial charge in [-0.05, 0) is 24.6 Å². The average molecular weight is 248 g/mol. The van der Waals surface area contributed by atoms with Crippen LogP contribution in [-0.4, -0.2) is 25.0 Å². The summed E-state index contributed by atoms with van der Waals surface area (Å²) in [5.74, 6) is -1.39. The number of amides is 2. The van der Waals surface area contributed by atoms with Gasteiger partial charge in [0.2, 0.25) is 0 Å². The Morgan fingerprint density at radius 1 is 1.39 bits per heavy atom. The number of benzene rings is 1. The van der Waals surface area contributed by atoms with Crippen LogP contribution in [0.15, 0.2) is 37.1 Å². The Morgan fingerprint density at radius 3 is 2.83 bits per heavy atom. The van der Waals surface area contributed by atoms with Gasteiger partial charge in [0.05, 0.1) is 12.8 Å². The standard InChI is InChI=1S/C13H16N2O3/c1-3-18-8-7-14-12(16)13(17)15-11-6-4-5-10(2)9-11/h3-6,9H,1,7-8H2,2H3,(H,14,16)(H,15,17). The summed E-state index contributed by atoms with van der Waals surface area (Å²) in [5.41, 5.74) is 1.60. The molecule has 0 aliphatic rings. The second-order valence-corrected chi connectivity index (χ2v) is 3.62. The molecule has 0 aromatic heterocycles. The van der Waals surface area contributed by atoms with Crippen LogP contribution in [0.4, 0.5) is 5.69 Å². The first-order chi connectivity index (χ1) is 8.63. The van der Waals surface area contributed by atoms with Crippen LogP contribution in [0.5, 0.6) is 0 Å². The van der Waals surface area contributed by atoms with Gasteiger partial charge in [0, 0.05) is 5.69 Å². The summed E-state index contributed by atoms with van der Waals surface area (Å²) >= 11 is 0. The summed E-state index contributed by atoms with van der Waals surface area (Å²) in [4.78, 5) is 22.9. The molecule has 1 rings (SSSR count). The molecule has 0 saturated carbocycles. The molecule has 5 heteroatoms. The van der Waals surface area contributed by atoms with Crippen LogP contribution in [0, 0.1) is 6.92 Å². The molecular formula is C13H16N2O3.